The highest BCUT2D eigenvalue weighted by Crippen LogP contribution is 2.30. The zero-order valence-corrected chi connectivity index (χ0v) is 14.6. The maximum atomic E-state index is 13.3. The Morgan fingerprint density at radius 1 is 0.889 bits per heavy atom. The summed E-state index contributed by atoms with van der Waals surface area (Å²) in [5.41, 5.74) is 2.77. The van der Waals surface area contributed by atoms with Gasteiger partial charge in [0, 0.05) is 34.1 Å². The van der Waals surface area contributed by atoms with Gasteiger partial charge in [-0.3, -0.25) is 9.78 Å². The van der Waals surface area contributed by atoms with Gasteiger partial charge in [0.05, 0.1) is 0 Å². The van der Waals surface area contributed by atoms with E-state index in [0.29, 0.717) is 27.5 Å². The Kier molecular flexibility index (Phi) is 4.48. The quantitative estimate of drug-likeness (QED) is 0.527. The van der Waals surface area contributed by atoms with E-state index in [2.05, 4.69) is 15.3 Å². The molecule has 27 heavy (non-hydrogen) atoms. The Morgan fingerprint density at radius 3 is 2.22 bits per heavy atom. The van der Waals surface area contributed by atoms with Gasteiger partial charge in [0.25, 0.3) is 5.91 Å². The third kappa shape index (κ3) is 3.35. The van der Waals surface area contributed by atoms with E-state index in [1.54, 1.807) is 60.9 Å². The summed E-state index contributed by atoms with van der Waals surface area (Å²) in [6, 6.07) is 15.9. The summed E-state index contributed by atoms with van der Waals surface area (Å²) in [5, 5.41) is 8.77. The molecule has 2 heterocycles. The van der Waals surface area contributed by atoms with Gasteiger partial charge in [0.2, 0.25) is 0 Å². The Hall–Kier alpha value is -3.38. The predicted octanol–water partition coefficient (Wildman–Crippen LogP) is 4.49. The van der Waals surface area contributed by atoms with E-state index < -0.39 is 0 Å². The first-order valence-corrected chi connectivity index (χ1v) is 8.43. The van der Waals surface area contributed by atoms with Crippen LogP contribution in [0, 0.1) is 5.82 Å². The molecular weight excluding hydrogens is 367 g/mol. The lowest BCUT2D eigenvalue weighted by molar-refractivity contribution is 0.0945. The molecule has 0 amide bonds. The summed E-state index contributed by atoms with van der Waals surface area (Å²) in [4.78, 5) is 17.0. The molecule has 0 saturated heterocycles. The van der Waals surface area contributed by atoms with Gasteiger partial charge in [0.15, 0.2) is 0 Å². The summed E-state index contributed by atoms with van der Waals surface area (Å²) in [7, 11) is 0. The zero-order chi connectivity index (χ0) is 18.8. The Balaban J connectivity index is 1.88. The SMILES string of the molecule is O=C(c1ccc(Cl)cc1)n1nnc(-c2ccc(F)cc2)c1-c1ccncc1. The molecule has 0 atom stereocenters. The first kappa shape index (κ1) is 17.1. The molecule has 0 saturated carbocycles. The molecule has 0 N–H and O–H groups in total. The first-order chi connectivity index (χ1) is 13.1. The second kappa shape index (κ2) is 7.09. The van der Waals surface area contributed by atoms with Crippen LogP contribution in [0.3, 0.4) is 0 Å². The number of carbonyl (C=O) groups is 1. The third-order valence-corrected chi connectivity index (χ3v) is 4.28. The highest BCUT2D eigenvalue weighted by Gasteiger charge is 2.22. The van der Waals surface area contributed by atoms with Crippen molar-refractivity contribution in [2.24, 2.45) is 0 Å². The molecule has 0 aliphatic carbocycles. The Labute approximate surface area is 159 Å². The highest BCUT2D eigenvalue weighted by molar-refractivity contribution is 6.30. The van der Waals surface area contributed by atoms with Crippen molar-refractivity contribution < 1.29 is 9.18 Å². The van der Waals surface area contributed by atoms with Gasteiger partial charge in [-0.15, -0.1) is 5.10 Å². The lowest BCUT2D eigenvalue weighted by atomic mass is 10.1. The van der Waals surface area contributed by atoms with Gasteiger partial charge in [-0.25, -0.2) is 4.39 Å². The third-order valence-electron chi connectivity index (χ3n) is 4.03. The van der Waals surface area contributed by atoms with Crippen LogP contribution in [0.1, 0.15) is 10.4 Å². The van der Waals surface area contributed by atoms with E-state index in [1.807, 2.05) is 0 Å². The molecular formula is C20H12ClFN4O. The van der Waals surface area contributed by atoms with Crippen LogP contribution in [0.15, 0.2) is 73.1 Å². The van der Waals surface area contributed by atoms with Crippen LogP contribution >= 0.6 is 11.6 Å². The largest absolute Gasteiger partial charge is 0.280 e. The van der Waals surface area contributed by atoms with E-state index in [9.17, 15) is 9.18 Å². The summed E-state index contributed by atoms with van der Waals surface area (Å²) in [5.74, 6) is -0.701. The van der Waals surface area contributed by atoms with Gasteiger partial charge in [-0.05, 0) is 60.7 Å². The fourth-order valence-corrected chi connectivity index (χ4v) is 2.84. The van der Waals surface area contributed by atoms with Crippen molar-refractivity contribution in [2.45, 2.75) is 0 Å². The van der Waals surface area contributed by atoms with Crippen LogP contribution in [0.5, 0.6) is 0 Å². The zero-order valence-electron chi connectivity index (χ0n) is 13.9. The molecule has 0 bridgehead atoms. The molecule has 5 nitrogen and oxygen atoms in total. The van der Waals surface area contributed by atoms with Crippen LogP contribution in [-0.2, 0) is 0 Å². The van der Waals surface area contributed by atoms with Crippen molar-refractivity contribution in [3.8, 4) is 22.5 Å². The topological polar surface area (TPSA) is 60.7 Å². The minimum absolute atomic E-state index is 0.348. The molecule has 0 fully saturated rings. The fraction of sp³-hybridized carbons (Fsp3) is 0. The lowest BCUT2D eigenvalue weighted by Gasteiger charge is -2.08. The number of halogens is 2. The van der Waals surface area contributed by atoms with E-state index in [-0.39, 0.29) is 11.7 Å². The number of hydrogen-bond donors (Lipinski definition) is 0. The minimum Gasteiger partial charge on any atom is -0.267 e. The second-order valence-corrected chi connectivity index (χ2v) is 6.19. The molecule has 2 aromatic heterocycles. The second-order valence-electron chi connectivity index (χ2n) is 5.75. The number of aromatic nitrogens is 4. The minimum atomic E-state index is -0.353. The Morgan fingerprint density at radius 2 is 1.56 bits per heavy atom. The van der Waals surface area contributed by atoms with Crippen LogP contribution in [0.25, 0.3) is 22.5 Å². The van der Waals surface area contributed by atoms with E-state index in [0.717, 1.165) is 5.56 Å². The van der Waals surface area contributed by atoms with E-state index >= 15 is 0 Å². The monoisotopic (exact) mass is 378 g/mol. The molecule has 0 aliphatic rings. The normalized spacial score (nSPS) is 10.7. The average molecular weight is 379 g/mol. The molecule has 4 aromatic rings. The number of hydrogen-bond acceptors (Lipinski definition) is 4. The van der Waals surface area contributed by atoms with Gasteiger partial charge >= 0.3 is 0 Å². The van der Waals surface area contributed by atoms with Crippen molar-refractivity contribution in [2.75, 3.05) is 0 Å². The smallest absolute Gasteiger partial charge is 0.267 e. The molecule has 0 spiro atoms. The van der Waals surface area contributed by atoms with Crippen molar-refractivity contribution in [3.63, 3.8) is 0 Å². The van der Waals surface area contributed by atoms with Gasteiger partial charge in [0.1, 0.15) is 17.2 Å². The van der Waals surface area contributed by atoms with Crippen molar-refractivity contribution in [1.29, 1.82) is 0 Å². The maximum absolute atomic E-state index is 13.3. The maximum Gasteiger partial charge on any atom is 0.280 e. The summed E-state index contributed by atoms with van der Waals surface area (Å²) < 4.78 is 14.5. The number of carbonyl (C=O) groups excluding carboxylic acids is 1. The van der Waals surface area contributed by atoms with Crippen LogP contribution in [0.4, 0.5) is 4.39 Å². The molecule has 132 valence electrons. The summed E-state index contributed by atoms with van der Waals surface area (Å²) in [6.07, 6.45) is 3.24. The van der Waals surface area contributed by atoms with Crippen LogP contribution in [-0.4, -0.2) is 25.9 Å². The van der Waals surface area contributed by atoms with Crippen molar-refractivity contribution in [3.05, 3.63) is 89.5 Å². The fourth-order valence-electron chi connectivity index (χ4n) is 2.71. The highest BCUT2D eigenvalue weighted by atomic mass is 35.5. The number of rotatable bonds is 3. The molecule has 0 aliphatic heterocycles. The Bertz CT molecular complexity index is 1090. The standard InChI is InChI=1S/C20H12ClFN4O/c21-16-5-1-15(2-6-16)20(27)26-19(14-9-11-23-12-10-14)18(24-25-26)13-3-7-17(22)8-4-13/h1-12H. The molecule has 2 aromatic carbocycles. The number of nitrogens with zero attached hydrogens (tertiary/aromatic N) is 4. The summed E-state index contributed by atoms with van der Waals surface area (Å²) in [6.45, 7) is 0. The lowest BCUT2D eigenvalue weighted by Crippen LogP contribution is -2.15. The average Bonchev–Trinajstić information content (AvgIpc) is 3.14. The van der Waals surface area contributed by atoms with E-state index in [1.165, 1.54) is 16.8 Å². The summed E-state index contributed by atoms with van der Waals surface area (Å²) >= 11 is 5.90. The molecule has 4 rings (SSSR count). The van der Waals surface area contributed by atoms with Gasteiger partial charge in [-0.2, -0.15) is 4.68 Å². The number of benzene rings is 2. The van der Waals surface area contributed by atoms with Crippen LogP contribution < -0.4 is 0 Å². The van der Waals surface area contributed by atoms with Crippen LogP contribution in [0.2, 0.25) is 5.02 Å². The van der Waals surface area contributed by atoms with E-state index in [4.69, 9.17) is 11.6 Å². The molecule has 0 radical (unpaired) electrons. The molecule has 0 unspecified atom stereocenters. The van der Waals surface area contributed by atoms with Crippen molar-refractivity contribution >= 4 is 17.5 Å². The van der Waals surface area contributed by atoms with Crippen molar-refractivity contribution in [1.82, 2.24) is 20.0 Å². The molecule has 7 heteroatoms. The predicted molar refractivity (Wildman–Crippen MR) is 99.8 cm³/mol. The van der Waals surface area contributed by atoms with Gasteiger partial charge in [-0.1, -0.05) is 16.8 Å². The number of pyridine rings is 1. The first-order valence-electron chi connectivity index (χ1n) is 8.06. The van der Waals surface area contributed by atoms with Gasteiger partial charge < -0.3 is 0 Å².